The molecular formula is C28H43N9O6. The molecule has 236 valence electrons. The van der Waals surface area contributed by atoms with Crippen LogP contribution in [0.2, 0.25) is 0 Å². The van der Waals surface area contributed by atoms with Gasteiger partial charge in [0.2, 0.25) is 23.6 Å². The third-order valence-electron chi connectivity index (χ3n) is 7.16. The summed E-state index contributed by atoms with van der Waals surface area (Å²) in [5.41, 5.74) is 23.5. The van der Waals surface area contributed by atoms with Crippen LogP contribution in [-0.4, -0.2) is 76.4 Å². The number of carbonyl (C=O) groups excluding carboxylic acids is 4. The van der Waals surface area contributed by atoms with E-state index in [0.29, 0.717) is 18.4 Å². The van der Waals surface area contributed by atoms with E-state index in [1.54, 1.807) is 6.20 Å². The summed E-state index contributed by atoms with van der Waals surface area (Å²) in [6.45, 7) is 3.90. The van der Waals surface area contributed by atoms with Crippen LogP contribution in [0.15, 0.2) is 35.5 Å². The van der Waals surface area contributed by atoms with Gasteiger partial charge >= 0.3 is 5.97 Å². The molecule has 0 aliphatic heterocycles. The number of hydrogen-bond donors (Lipinski definition) is 9. The van der Waals surface area contributed by atoms with E-state index in [1.165, 1.54) is 0 Å². The highest BCUT2D eigenvalue weighted by Crippen LogP contribution is 2.19. The SMILES string of the molecule is CCC(C)C(N)C(=O)NC(CCCN=C(N)N)C(=O)NC(Cc1c[nH]c2ccccc12)C(=O)NC(CCC(N)=O)C(=O)O. The summed E-state index contributed by atoms with van der Waals surface area (Å²) in [5.74, 6) is -4.38. The Labute approximate surface area is 249 Å². The van der Waals surface area contributed by atoms with Gasteiger partial charge in [-0.2, -0.15) is 0 Å². The van der Waals surface area contributed by atoms with E-state index in [-0.39, 0.29) is 44.1 Å². The minimum Gasteiger partial charge on any atom is -0.480 e. The standard InChI is InChI=1S/C28H43N9O6/c1-3-15(2)23(30)26(41)35-19(9-6-12-33-28(31)32)24(39)37-21(13-16-14-34-18-8-5-4-7-17(16)18)25(40)36-20(27(42)43)10-11-22(29)38/h4-5,7-8,14-15,19-21,23,34H,3,6,9-13,30H2,1-2H3,(H2,29,38)(H,35,41)(H,36,40)(H,37,39)(H,42,43)(H4,31,32,33). The Kier molecular flexibility index (Phi) is 13.4. The van der Waals surface area contributed by atoms with Gasteiger partial charge in [-0.3, -0.25) is 24.2 Å². The van der Waals surface area contributed by atoms with Crippen molar-refractivity contribution in [3.63, 3.8) is 0 Å². The molecule has 5 unspecified atom stereocenters. The maximum absolute atomic E-state index is 13.6. The number of nitrogens with two attached hydrogens (primary N) is 4. The van der Waals surface area contributed by atoms with Crippen LogP contribution in [0, 0.1) is 5.92 Å². The number of nitrogens with zero attached hydrogens (tertiary/aromatic N) is 1. The summed E-state index contributed by atoms with van der Waals surface area (Å²) in [4.78, 5) is 70.0. The molecule has 15 nitrogen and oxygen atoms in total. The molecule has 0 saturated heterocycles. The number of guanidine groups is 1. The van der Waals surface area contributed by atoms with Crippen molar-refractivity contribution in [1.82, 2.24) is 20.9 Å². The quantitative estimate of drug-likeness (QED) is 0.0571. The van der Waals surface area contributed by atoms with Gasteiger partial charge in [0, 0.05) is 36.5 Å². The lowest BCUT2D eigenvalue weighted by atomic mass is 9.98. The normalized spacial score (nSPS) is 14.5. The first kappa shape index (κ1) is 34.5. The molecule has 1 heterocycles. The zero-order valence-electron chi connectivity index (χ0n) is 24.5. The molecular weight excluding hydrogens is 558 g/mol. The fraction of sp³-hybridized carbons (Fsp3) is 0.500. The van der Waals surface area contributed by atoms with Crippen molar-refractivity contribution in [2.45, 2.75) is 76.5 Å². The number of fused-ring (bicyclic) bond motifs is 1. The molecule has 0 saturated carbocycles. The van der Waals surface area contributed by atoms with Crippen LogP contribution in [0.3, 0.4) is 0 Å². The fourth-order valence-electron chi connectivity index (χ4n) is 4.37. The third-order valence-corrected chi connectivity index (χ3v) is 7.16. The number of hydrogen-bond acceptors (Lipinski definition) is 7. The Bertz CT molecular complexity index is 1310. The Morgan fingerprint density at radius 3 is 2.19 bits per heavy atom. The number of para-hydroxylation sites is 1. The van der Waals surface area contributed by atoms with Crippen LogP contribution in [-0.2, 0) is 30.4 Å². The Morgan fingerprint density at radius 1 is 0.930 bits per heavy atom. The molecule has 2 rings (SSSR count). The van der Waals surface area contributed by atoms with Crippen molar-refractivity contribution in [2.24, 2.45) is 33.8 Å². The van der Waals surface area contributed by atoms with Gasteiger partial charge < -0.3 is 49.0 Å². The number of nitrogens with one attached hydrogen (secondary N) is 4. The highest BCUT2D eigenvalue weighted by atomic mass is 16.4. The molecule has 5 atom stereocenters. The molecule has 43 heavy (non-hydrogen) atoms. The zero-order valence-corrected chi connectivity index (χ0v) is 24.5. The number of carbonyl (C=O) groups is 5. The summed E-state index contributed by atoms with van der Waals surface area (Å²) >= 11 is 0. The average molecular weight is 602 g/mol. The predicted octanol–water partition coefficient (Wildman–Crippen LogP) is -1.06. The number of benzene rings is 1. The number of aliphatic carboxylic acids is 1. The first-order valence-electron chi connectivity index (χ1n) is 14.1. The molecule has 15 heteroatoms. The van der Waals surface area contributed by atoms with Gasteiger partial charge in [0.25, 0.3) is 0 Å². The number of carboxylic acids is 1. The Hall–Kier alpha value is -4.66. The lowest BCUT2D eigenvalue weighted by Crippen LogP contribution is -2.58. The van der Waals surface area contributed by atoms with Crippen LogP contribution in [0.25, 0.3) is 10.9 Å². The van der Waals surface area contributed by atoms with Gasteiger partial charge in [0.05, 0.1) is 6.04 Å². The number of aliphatic imine (C=N–C) groups is 1. The van der Waals surface area contributed by atoms with Gasteiger partial charge in [-0.15, -0.1) is 0 Å². The largest absolute Gasteiger partial charge is 0.480 e. The second-order valence-electron chi connectivity index (χ2n) is 10.5. The number of carboxylic acid groups (broad SMARTS) is 1. The molecule has 0 aliphatic rings. The minimum atomic E-state index is -1.43. The van der Waals surface area contributed by atoms with Crippen molar-refractivity contribution in [1.29, 1.82) is 0 Å². The summed E-state index contributed by atoms with van der Waals surface area (Å²) in [5, 5.41) is 18.2. The fourth-order valence-corrected chi connectivity index (χ4v) is 4.37. The first-order chi connectivity index (χ1) is 20.3. The monoisotopic (exact) mass is 601 g/mol. The second-order valence-corrected chi connectivity index (χ2v) is 10.5. The molecule has 0 bridgehead atoms. The Balaban J connectivity index is 2.35. The number of aromatic amines is 1. The van der Waals surface area contributed by atoms with Crippen LogP contribution >= 0.6 is 0 Å². The zero-order chi connectivity index (χ0) is 32.1. The van der Waals surface area contributed by atoms with Crippen molar-refractivity contribution < 1.29 is 29.1 Å². The molecule has 0 aliphatic carbocycles. The number of amides is 4. The van der Waals surface area contributed by atoms with Crippen LogP contribution < -0.4 is 38.9 Å². The smallest absolute Gasteiger partial charge is 0.326 e. The van der Waals surface area contributed by atoms with E-state index in [1.807, 2.05) is 38.1 Å². The number of H-pyrrole nitrogens is 1. The molecule has 4 amide bonds. The van der Waals surface area contributed by atoms with Gasteiger partial charge in [0.1, 0.15) is 18.1 Å². The molecule has 2 aromatic rings. The average Bonchev–Trinajstić information content (AvgIpc) is 3.37. The summed E-state index contributed by atoms with van der Waals surface area (Å²) < 4.78 is 0. The highest BCUT2D eigenvalue weighted by molar-refractivity contribution is 5.95. The molecule has 13 N–H and O–H groups in total. The lowest BCUT2D eigenvalue weighted by Gasteiger charge is -2.26. The van der Waals surface area contributed by atoms with E-state index in [2.05, 4.69) is 25.9 Å². The number of rotatable bonds is 18. The van der Waals surface area contributed by atoms with Crippen molar-refractivity contribution >= 4 is 46.5 Å². The Morgan fingerprint density at radius 2 is 1.56 bits per heavy atom. The van der Waals surface area contributed by atoms with Crippen LogP contribution in [0.1, 0.15) is 51.5 Å². The molecule has 0 radical (unpaired) electrons. The lowest BCUT2D eigenvalue weighted by molar-refractivity contribution is -0.142. The molecule has 0 spiro atoms. The topological polar surface area (TPSA) is 274 Å². The van der Waals surface area contributed by atoms with E-state index < -0.39 is 53.8 Å². The van der Waals surface area contributed by atoms with Gasteiger partial charge in [-0.25, -0.2) is 4.79 Å². The first-order valence-corrected chi connectivity index (χ1v) is 14.1. The van der Waals surface area contributed by atoms with Crippen molar-refractivity contribution in [3.8, 4) is 0 Å². The van der Waals surface area contributed by atoms with Gasteiger partial charge in [0.15, 0.2) is 5.96 Å². The summed E-state index contributed by atoms with van der Waals surface area (Å²) in [7, 11) is 0. The van der Waals surface area contributed by atoms with Crippen LogP contribution in [0.4, 0.5) is 0 Å². The van der Waals surface area contributed by atoms with Crippen molar-refractivity contribution in [2.75, 3.05) is 6.54 Å². The molecule has 1 aromatic heterocycles. The summed E-state index contributed by atoms with van der Waals surface area (Å²) in [6.07, 6.45) is 2.27. The number of primary amides is 1. The van der Waals surface area contributed by atoms with E-state index in [0.717, 1.165) is 10.9 Å². The van der Waals surface area contributed by atoms with E-state index in [9.17, 15) is 29.1 Å². The molecule has 0 fully saturated rings. The van der Waals surface area contributed by atoms with Gasteiger partial charge in [-0.1, -0.05) is 38.5 Å². The van der Waals surface area contributed by atoms with E-state index >= 15 is 0 Å². The minimum absolute atomic E-state index is 0.00913. The number of aromatic nitrogens is 1. The van der Waals surface area contributed by atoms with Crippen LogP contribution in [0.5, 0.6) is 0 Å². The molecule has 1 aromatic carbocycles. The second kappa shape index (κ2) is 16.7. The van der Waals surface area contributed by atoms with Crippen molar-refractivity contribution in [3.05, 3.63) is 36.0 Å². The summed E-state index contributed by atoms with van der Waals surface area (Å²) in [6, 6.07) is 2.71. The highest BCUT2D eigenvalue weighted by Gasteiger charge is 2.31. The maximum Gasteiger partial charge on any atom is 0.326 e. The van der Waals surface area contributed by atoms with E-state index in [4.69, 9.17) is 22.9 Å². The third kappa shape index (κ3) is 10.9. The maximum atomic E-state index is 13.6. The van der Waals surface area contributed by atoms with Gasteiger partial charge in [-0.05, 0) is 36.8 Å². The predicted molar refractivity (Wildman–Crippen MR) is 161 cm³/mol.